The first-order chi connectivity index (χ1) is 13.3. The molecule has 0 radical (unpaired) electrons. The van der Waals surface area contributed by atoms with Gasteiger partial charge in [0.25, 0.3) is 0 Å². The third kappa shape index (κ3) is 5.57. The summed E-state index contributed by atoms with van der Waals surface area (Å²) < 4.78 is 7.50. The SMILES string of the molecule is CCNC(=NCc1ccccc1-n1ccnc1)N(C)CCC1CCOCC1. The van der Waals surface area contributed by atoms with Crippen molar-refractivity contribution in [3.8, 4) is 5.69 Å². The first kappa shape index (κ1) is 19.4. The van der Waals surface area contributed by atoms with E-state index in [9.17, 15) is 0 Å². The van der Waals surface area contributed by atoms with E-state index in [4.69, 9.17) is 9.73 Å². The van der Waals surface area contributed by atoms with Crippen molar-refractivity contribution in [2.24, 2.45) is 10.9 Å². The van der Waals surface area contributed by atoms with Crippen LogP contribution >= 0.6 is 0 Å². The van der Waals surface area contributed by atoms with Crippen molar-refractivity contribution in [3.05, 3.63) is 48.5 Å². The summed E-state index contributed by atoms with van der Waals surface area (Å²) in [5.74, 6) is 1.73. The maximum Gasteiger partial charge on any atom is 0.193 e. The van der Waals surface area contributed by atoms with Gasteiger partial charge in [0.05, 0.1) is 18.6 Å². The molecular formula is C21H31N5O. The Hall–Kier alpha value is -2.34. The number of hydrogen-bond acceptors (Lipinski definition) is 3. The molecule has 1 N–H and O–H groups in total. The molecule has 1 aromatic carbocycles. The normalized spacial score (nSPS) is 15.7. The van der Waals surface area contributed by atoms with Gasteiger partial charge in [-0.15, -0.1) is 0 Å². The topological polar surface area (TPSA) is 54.7 Å². The summed E-state index contributed by atoms with van der Waals surface area (Å²) in [5, 5.41) is 3.43. The van der Waals surface area contributed by atoms with Crippen LogP contribution in [0, 0.1) is 5.92 Å². The lowest BCUT2D eigenvalue weighted by Gasteiger charge is -2.27. The summed E-state index contributed by atoms with van der Waals surface area (Å²) >= 11 is 0. The summed E-state index contributed by atoms with van der Waals surface area (Å²) in [4.78, 5) is 11.3. The molecule has 0 bridgehead atoms. The number of nitrogens with zero attached hydrogens (tertiary/aromatic N) is 4. The first-order valence-corrected chi connectivity index (χ1v) is 9.91. The van der Waals surface area contributed by atoms with Crippen LogP contribution in [0.3, 0.4) is 0 Å². The van der Waals surface area contributed by atoms with Gasteiger partial charge in [-0.25, -0.2) is 9.98 Å². The van der Waals surface area contributed by atoms with E-state index in [0.29, 0.717) is 6.54 Å². The van der Waals surface area contributed by atoms with Gasteiger partial charge in [0, 0.05) is 45.7 Å². The van der Waals surface area contributed by atoms with Gasteiger partial charge in [-0.3, -0.25) is 0 Å². The van der Waals surface area contributed by atoms with Crippen molar-refractivity contribution in [2.45, 2.75) is 32.7 Å². The van der Waals surface area contributed by atoms with Gasteiger partial charge in [0.2, 0.25) is 0 Å². The second kappa shape index (κ2) is 10.1. The van der Waals surface area contributed by atoms with E-state index >= 15 is 0 Å². The van der Waals surface area contributed by atoms with Crippen molar-refractivity contribution >= 4 is 5.96 Å². The highest BCUT2D eigenvalue weighted by molar-refractivity contribution is 5.79. The van der Waals surface area contributed by atoms with Gasteiger partial charge in [-0.2, -0.15) is 0 Å². The largest absolute Gasteiger partial charge is 0.381 e. The predicted octanol–water partition coefficient (Wildman–Crippen LogP) is 3.09. The lowest BCUT2D eigenvalue weighted by Crippen LogP contribution is -2.40. The molecule has 6 nitrogen and oxygen atoms in total. The summed E-state index contributed by atoms with van der Waals surface area (Å²) in [7, 11) is 2.13. The molecule has 0 saturated carbocycles. The Labute approximate surface area is 162 Å². The molecule has 0 atom stereocenters. The Bertz CT molecular complexity index is 707. The highest BCUT2D eigenvalue weighted by Crippen LogP contribution is 2.19. The van der Waals surface area contributed by atoms with Crippen LogP contribution in [0.1, 0.15) is 31.7 Å². The number of benzene rings is 1. The second-order valence-corrected chi connectivity index (χ2v) is 7.03. The zero-order chi connectivity index (χ0) is 18.9. The van der Waals surface area contributed by atoms with Gasteiger partial charge >= 0.3 is 0 Å². The van der Waals surface area contributed by atoms with Crippen LogP contribution in [-0.2, 0) is 11.3 Å². The standard InChI is InChI=1S/C21H31N5O/c1-3-23-21(25(2)12-8-18-9-14-27-15-10-18)24-16-19-6-4-5-7-20(19)26-13-11-22-17-26/h4-7,11,13,17-18H,3,8-10,12,14-16H2,1-2H3,(H,23,24). The average Bonchev–Trinajstić information content (AvgIpc) is 3.25. The Morgan fingerprint density at radius 3 is 2.89 bits per heavy atom. The van der Waals surface area contributed by atoms with Gasteiger partial charge in [0.15, 0.2) is 5.96 Å². The predicted molar refractivity (Wildman–Crippen MR) is 109 cm³/mol. The van der Waals surface area contributed by atoms with Gasteiger partial charge in [-0.05, 0) is 43.7 Å². The molecule has 0 amide bonds. The van der Waals surface area contributed by atoms with Gasteiger partial charge < -0.3 is 19.5 Å². The molecule has 3 rings (SSSR count). The van der Waals surface area contributed by atoms with E-state index in [1.807, 2.05) is 23.2 Å². The van der Waals surface area contributed by atoms with Crippen molar-refractivity contribution in [1.29, 1.82) is 0 Å². The molecule has 1 saturated heterocycles. The number of guanidine groups is 1. The molecule has 2 aromatic rings. The Morgan fingerprint density at radius 2 is 2.15 bits per heavy atom. The minimum atomic E-state index is 0.637. The second-order valence-electron chi connectivity index (χ2n) is 7.03. The first-order valence-electron chi connectivity index (χ1n) is 9.91. The number of ether oxygens (including phenoxy) is 1. The number of imidazole rings is 1. The minimum Gasteiger partial charge on any atom is -0.381 e. The molecular weight excluding hydrogens is 338 g/mol. The number of aliphatic imine (C=N–C) groups is 1. The Balaban J connectivity index is 1.65. The molecule has 1 fully saturated rings. The number of hydrogen-bond donors (Lipinski definition) is 1. The van der Waals surface area contributed by atoms with Crippen molar-refractivity contribution in [1.82, 2.24) is 19.8 Å². The molecule has 0 unspecified atom stereocenters. The van der Waals surface area contributed by atoms with E-state index in [0.717, 1.165) is 43.9 Å². The fourth-order valence-electron chi connectivity index (χ4n) is 3.44. The molecule has 0 aliphatic carbocycles. The van der Waals surface area contributed by atoms with Gasteiger partial charge in [-0.1, -0.05) is 18.2 Å². The highest BCUT2D eigenvalue weighted by atomic mass is 16.5. The van der Waals surface area contributed by atoms with E-state index in [1.54, 1.807) is 6.20 Å². The maximum atomic E-state index is 5.47. The monoisotopic (exact) mass is 369 g/mol. The lowest BCUT2D eigenvalue weighted by atomic mass is 9.96. The average molecular weight is 370 g/mol. The molecule has 1 aliphatic heterocycles. The van der Waals surface area contributed by atoms with Crippen molar-refractivity contribution in [3.63, 3.8) is 0 Å². The molecule has 2 heterocycles. The van der Waals surface area contributed by atoms with Crippen molar-refractivity contribution < 1.29 is 4.74 Å². The fraction of sp³-hybridized carbons (Fsp3) is 0.524. The van der Waals surface area contributed by atoms with Crippen LogP contribution in [0.2, 0.25) is 0 Å². The zero-order valence-corrected chi connectivity index (χ0v) is 16.5. The Kier molecular flexibility index (Phi) is 7.27. The number of rotatable bonds is 7. The molecule has 1 aliphatic rings. The molecule has 146 valence electrons. The smallest absolute Gasteiger partial charge is 0.193 e. The quantitative estimate of drug-likeness (QED) is 0.602. The van der Waals surface area contributed by atoms with Crippen LogP contribution in [0.25, 0.3) is 5.69 Å². The number of aromatic nitrogens is 2. The van der Waals surface area contributed by atoms with Crippen molar-refractivity contribution in [2.75, 3.05) is 33.4 Å². The van der Waals surface area contributed by atoms with Gasteiger partial charge in [0.1, 0.15) is 0 Å². The van der Waals surface area contributed by atoms with Crippen LogP contribution in [0.15, 0.2) is 48.0 Å². The Morgan fingerprint density at radius 1 is 1.33 bits per heavy atom. The van der Waals surface area contributed by atoms with E-state index in [2.05, 4.69) is 47.4 Å². The van der Waals surface area contributed by atoms with E-state index in [1.165, 1.54) is 24.8 Å². The zero-order valence-electron chi connectivity index (χ0n) is 16.5. The molecule has 27 heavy (non-hydrogen) atoms. The summed E-state index contributed by atoms with van der Waals surface area (Å²) in [5.41, 5.74) is 2.31. The molecule has 1 aromatic heterocycles. The number of nitrogens with one attached hydrogen (secondary N) is 1. The molecule has 6 heteroatoms. The maximum absolute atomic E-state index is 5.47. The van der Waals surface area contributed by atoms with Crippen LogP contribution in [0.5, 0.6) is 0 Å². The lowest BCUT2D eigenvalue weighted by molar-refractivity contribution is 0.0625. The summed E-state index contributed by atoms with van der Waals surface area (Å²) in [6, 6.07) is 8.35. The number of para-hydroxylation sites is 1. The molecule has 0 spiro atoms. The van der Waals surface area contributed by atoms with E-state index in [-0.39, 0.29) is 0 Å². The summed E-state index contributed by atoms with van der Waals surface area (Å²) in [6.45, 7) is 6.45. The third-order valence-corrected chi connectivity index (χ3v) is 5.08. The van der Waals surface area contributed by atoms with Crippen LogP contribution in [0.4, 0.5) is 0 Å². The highest BCUT2D eigenvalue weighted by Gasteiger charge is 2.15. The van der Waals surface area contributed by atoms with E-state index < -0.39 is 0 Å². The van der Waals surface area contributed by atoms with Crippen LogP contribution < -0.4 is 5.32 Å². The fourth-order valence-corrected chi connectivity index (χ4v) is 3.44. The minimum absolute atomic E-state index is 0.637. The van der Waals surface area contributed by atoms with Crippen LogP contribution in [-0.4, -0.2) is 53.8 Å². The summed E-state index contributed by atoms with van der Waals surface area (Å²) in [6.07, 6.45) is 9.14. The third-order valence-electron chi connectivity index (χ3n) is 5.08.